The second kappa shape index (κ2) is 7.78. The van der Waals surface area contributed by atoms with Crippen molar-refractivity contribution < 1.29 is 4.79 Å². The summed E-state index contributed by atoms with van der Waals surface area (Å²) in [5.74, 6) is 0.183. The molecule has 0 aliphatic heterocycles. The number of carbonyl (C=O) groups is 1. The molecule has 0 heterocycles. The van der Waals surface area contributed by atoms with E-state index in [-0.39, 0.29) is 11.8 Å². The predicted octanol–water partition coefficient (Wildman–Crippen LogP) is 3.91. The number of aryl methyl sites for hydroxylation is 1. The number of hydrogen-bond donors (Lipinski definition) is 0. The van der Waals surface area contributed by atoms with Crippen molar-refractivity contribution in [3.63, 3.8) is 0 Å². The molecule has 1 unspecified atom stereocenters. The maximum absolute atomic E-state index is 12.3. The Morgan fingerprint density at radius 3 is 2.42 bits per heavy atom. The van der Waals surface area contributed by atoms with Gasteiger partial charge in [-0.25, -0.2) is 0 Å². The Morgan fingerprint density at radius 2 is 1.89 bits per heavy atom. The van der Waals surface area contributed by atoms with E-state index in [4.69, 9.17) is 0 Å². The summed E-state index contributed by atoms with van der Waals surface area (Å²) in [5.41, 5.74) is 2.36. The third-order valence-electron chi connectivity index (χ3n) is 3.37. The zero-order chi connectivity index (χ0) is 14.3. The summed E-state index contributed by atoms with van der Waals surface area (Å²) in [4.78, 5) is 14.0. The van der Waals surface area contributed by atoms with Crippen LogP contribution in [-0.2, 0) is 4.79 Å². The lowest BCUT2D eigenvalue weighted by Crippen LogP contribution is -2.28. The molecule has 1 aromatic rings. The molecule has 1 amide bonds. The molecule has 0 aromatic heterocycles. The van der Waals surface area contributed by atoms with E-state index < -0.39 is 0 Å². The van der Waals surface area contributed by atoms with Crippen molar-refractivity contribution in [1.29, 1.82) is 0 Å². The van der Waals surface area contributed by atoms with Gasteiger partial charge in [0.1, 0.15) is 0 Å². The van der Waals surface area contributed by atoms with Crippen LogP contribution in [0, 0.1) is 6.92 Å². The number of benzene rings is 1. The molecule has 0 spiro atoms. The predicted molar refractivity (Wildman–Crippen MR) is 81.3 cm³/mol. The fourth-order valence-corrected chi connectivity index (χ4v) is 2.18. The maximum Gasteiger partial charge on any atom is 0.229 e. The zero-order valence-corrected chi connectivity index (χ0v) is 12.4. The first kappa shape index (κ1) is 15.5. The number of nitrogens with zero attached hydrogens (tertiary/aromatic N) is 1. The van der Waals surface area contributed by atoms with E-state index in [1.54, 1.807) is 4.90 Å². The van der Waals surface area contributed by atoms with E-state index in [0.29, 0.717) is 0 Å². The number of hydrogen-bond acceptors (Lipinski definition) is 1. The van der Waals surface area contributed by atoms with Gasteiger partial charge in [-0.2, -0.15) is 0 Å². The minimum Gasteiger partial charge on any atom is -0.348 e. The smallest absolute Gasteiger partial charge is 0.229 e. The largest absolute Gasteiger partial charge is 0.348 e. The van der Waals surface area contributed by atoms with Crippen LogP contribution in [0.5, 0.6) is 0 Å². The van der Waals surface area contributed by atoms with Crippen LogP contribution in [0.3, 0.4) is 0 Å². The first-order valence-corrected chi connectivity index (χ1v) is 6.95. The second-order valence-electron chi connectivity index (χ2n) is 5.27. The third-order valence-corrected chi connectivity index (χ3v) is 3.37. The lowest BCUT2D eigenvalue weighted by molar-refractivity contribution is -0.130. The van der Waals surface area contributed by atoms with Crippen molar-refractivity contribution in [3.05, 3.63) is 48.0 Å². The summed E-state index contributed by atoms with van der Waals surface area (Å²) in [6.45, 7) is 5.80. The molecule has 0 radical (unpaired) electrons. The standard InChI is InChI=1S/C17H25NO/c1-5-6-7-8-9-16(17(19)18(3)4)15-12-10-14(2)11-13-15/h5,10-13,16H,1,6-9H2,2-4H3. The van der Waals surface area contributed by atoms with Gasteiger partial charge >= 0.3 is 0 Å². The molecule has 0 aliphatic rings. The average Bonchev–Trinajstić information content (AvgIpc) is 2.39. The number of rotatable bonds is 7. The Labute approximate surface area is 117 Å². The van der Waals surface area contributed by atoms with Gasteiger partial charge in [-0.05, 0) is 31.7 Å². The monoisotopic (exact) mass is 259 g/mol. The van der Waals surface area contributed by atoms with Crippen LogP contribution in [0.2, 0.25) is 0 Å². The molecule has 0 saturated carbocycles. The fraction of sp³-hybridized carbons (Fsp3) is 0.471. The quantitative estimate of drug-likeness (QED) is 0.537. The highest BCUT2D eigenvalue weighted by molar-refractivity contribution is 5.83. The van der Waals surface area contributed by atoms with Crippen LogP contribution in [-0.4, -0.2) is 24.9 Å². The SMILES string of the molecule is C=CCCCCC(C(=O)N(C)C)c1ccc(C)cc1. The van der Waals surface area contributed by atoms with E-state index in [9.17, 15) is 4.79 Å². The van der Waals surface area contributed by atoms with Crippen LogP contribution in [0.1, 0.15) is 42.7 Å². The molecule has 2 heteroatoms. The van der Waals surface area contributed by atoms with Gasteiger partial charge in [-0.15, -0.1) is 6.58 Å². The van der Waals surface area contributed by atoms with Gasteiger partial charge in [-0.3, -0.25) is 4.79 Å². The van der Waals surface area contributed by atoms with Gasteiger partial charge in [0.05, 0.1) is 5.92 Å². The molecule has 1 aromatic carbocycles. The average molecular weight is 259 g/mol. The lowest BCUT2D eigenvalue weighted by atomic mass is 9.91. The number of amides is 1. The molecule has 2 nitrogen and oxygen atoms in total. The van der Waals surface area contributed by atoms with E-state index in [2.05, 4.69) is 37.8 Å². The fourth-order valence-electron chi connectivity index (χ4n) is 2.18. The molecule has 0 N–H and O–H groups in total. The highest BCUT2D eigenvalue weighted by atomic mass is 16.2. The topological polar surface area (TPSA) is 20.3 Å². The van der Waals surface area contributed by atoms with Crippen LogP contribution >= 0.6 is 0 Å². The minimum atomic E-state index is -0.0135. The van der Waals surface area contributed by atoms with Gasteiger partial charge in [0.2, 0.25) is 5.91 Å². The molecular weight excluding hydrogens is 234 g/mol. The molecule has 1 atom stereocenters. The summed E-state index contributed by atoms with van der Waals surface area (Å²) >= 11 is 0. The van der Waals surface area contributed by atoms with Crippen LogP contribution < -0.4 is 0 Å². The second-order valence-corrected chi connectivity index (χ2v) is 5.27. The van der Waals surface area contributed by atoms with E-state index in [1.807, 2.05) is 20.2 Å². The molecule has 19 heavy (non-hydrogen) atoms. The van der Waals surface area contributed by atoms with Crippen LogP contribution in [0.4, 0.5) is 0 Å². The van der Waals surface area contributed by atoms with Gasteiger partial charge in [0.25, 0.3) is 0 Å². The van der Waals surface area contributed by atoms with Crippen molar-refractivity contribution in [2.45, 2.75) is 38.5 Å². The highest BCUT2D eigenvalue weighted by Crippen LogP contribution is 2.24. The lowest BCUT2D eigenvalue weighted by Gasteiger charge is -2.21. The summed E-state index contributed by atoms with van der Waals surface area (Å²) in [5, 5.41) is 0. The van der Waals surface area contributed by atoms with Crippen molar-refractivity contribution in [1.82, 2.24) is 4.90 Å². The number of unbranched alkanes of at least 4 members (excludes halogenated alkanes) is 2. The first-order valence-electron chi connectivity index (χ1n) is 6.95. The normalized spacial score (nSPS) is 11.9. The van der Waals surface area contributed by atoms with E-state index in [1.165, 1.54) is 5.56 Å². The Hall–Kier alpha value is -1.57. The molecular formula is C17H25NO. The van der Waals surface area contributed by atoms with Crippen molar-refractivity contribution >= 4 is 5.91 Å². The van der Waals surface area contributed by atoms with E-state index in [0.717, 1.165) is 31.2 Å². The third kappa shape index (κ3) is 4.90. The minimum absolute atomic E-state index is 0.0135. The van der Waals surface area contributed by atoms with E-state index >= 15 is 0 Å². The van der Waals surface area contributed by atoms with Gasteiger partial charge < -0.3 is 4.90 Å². The molecule has 0 saturated heterocycles. The Kier molecular flexibility index (Phi) is 6.34. The Balaban J connectivity index is 2.76. The van der Waals surface area contributed by atoms with Crippen LogP contribution in [0.25, 0.3) is 0 Å². The zero-order valence-electron chi connectivity index (χ0n) is 12.4. The number of carbonyl (C=O) groups excluding carboxylic acids is 1. The summed E-state index contributed by atoms with van der Waals surface area (Å²) in [7, 11) is 3.65. The molecule has 0 fully saturated rings. The summed E-state index contributed by atoms with van der Waals surface area (Å²) in [6, 6.07) is 8.31. The van der Waals surface area contributed by atoms with Crippen molar-refractivity contribution in [2.24, 2.45) is 0 Å². The Bertz CT molecular complexity index is 406. The summed E-state index contributed by atoms with van der Waals surface area (Å²) in [6.07, 6.45) is 6.04. The van der Waals surface area contributed by atoms with Gasteiger partial charge in [-0.1, -0.05) is 42.3 Å². The van der Waals surface area contributed by atoms with Gasteiger partial charge in [0, 0.05) is 14.1 Å². The molecule has 104 valence electrons. The first-order chi connectivity index (χ1) is 9.06. The molecule has 0 aliphatic carbocycles. The maximum atomic E-state index is 12.3. The van der Waals surface area contributed by atoms with Crippen molar-refractivity contribution in [2.75, 3.05) is 14.1 Å². The van der Waals surface area contributed by atoms with Crippen molar-refractivity contribution in [3.8, 4) is 0 Å². The van der Waals surface area contributed by atoms with Crippen LogP contribution in [0.15, 0.2) is 36.9 Å². The van der Waals surface area contributed by atoms with Gasteiger partial charge in [0.15, 0.2) is 0 Å². The molecule has 0 bridgehead atoms. The molecule has 1 rings (SSSR count). The Morgan fingerprint density at radius 1 is 1.26 bits per heavy atom. The summed E-state index contributed by atoms with van der Waals surface area (Å²) < 4.78 is 0. The highest BCUT2D eigenvalue weighted by Gasteiger charge is 2.21. The number of likely N-dealkylation sites (N-methyl/N-ethyl adjacent to an activating group) is 1. The number of allylic oxidation sites excluding steroid dienone is 1.